The van der Waals surface area contributed by atoms with Crippen molar-refractivity contribution in [2.75, 3.05) is 12.4 Å². The molecule has 12 heavy (non-hydrogen) atoms. The van der Waals surface area contributed by atoms with Crippen LogP contribution in [0.4, 0.5) is 0 Å². The highest BCUT2D eigenvalue weighted by Crippen LogP contribution is 2.15. The molecule has 0 aromatic carbocycles. The highest BCUT2D eigenvalue weighted by atomic mass is 32.2. The van der Waals surface area contributed by atoms with Crippen molar-refractivity contribution in [3.63, 3.8) is 0 Å². The van der Waals surface area contributed by atoms with Gasteiger partial charge in [-0.2, -0.15) is 17.0 Å². The second-order valence-electron chi connectivity index (χ2n) is 3.14. The van der Waals surface area contributed by atoms with E-state index in [-0.39, 0.29) is 11.9 Å². The lowest BCUT2D eigenvalue weighted by Crippen LogP contribution is -2.34. The lowest BCUT2D eigenvalue weighted by atomic mass is 10.0. The van der Waals surface area contributed by atoms with Gasteiger partial charge >= 0.3 is 0 Å². The third kappa shape index (κ3) is 5.42. The Hall–Kier alpha value is -0.240. The van der Waals surface area contributed by atoms with Crippen LogP contribution in [0.3, 0.4) is 0 Å². The minimum atomic E-state index is -0.720. The number of nitrogens with two attached hydrogens (primary N) is 1. The number of aliphatic hydroxyl groups excluding tert-OH is 1. The van der Waals surface area contributed by atoms with Gasteiger partial charge in [-0.05, 0) is 19.1 Å². The van der Waals surface area contributed by atoms with Crippen LogP contribution in [0, 0.1) is 11.3 Å². The molecule has 0 spiro atoms. The van der Waals surface area contributed by atoms with Crippen LogP contribution in [-0.4, -0.2) is 28.3 Å². The minimum Gasteiger partial charge on any atom is -0.395 e. The first kappa shape index (κ1) is 11.8. The Balaban J connectivity index is 3.51. The number of hydrogen-bond donors (Lipinski definition) is 2. The van der Waals surface area contributed by atoms with Gasteiger partial charge in [-0.15, -0.1) is 0 Å². The van der Waals surface area contributed by atoms with Gasteiger partial charge in [-0.25, -0.2) is 0 Å². The quantitative estimate of drug-likeness (QED) is 0.667. The van der Waals surface area contributed by atoms with Gasteiger partial charge in [0.15, 0.2) is 0 Å². The fourth-order valence-electron chi connectivity index (χ4n) is 0.581. The second kappa shape index (κ2) is 5.41. The number of aliphatic hydroxyl groups is 1. The van der Waals surface area contributed by atoms with E-state index < -0.39 is 5.54 Å². The summed E-state index contributed by atoms with van der Waals surface area (Å²) in [6.45, 7) is 3.85. The lowest BCUT2D eigenvalue weighted by Gasteiger charge is -2.15. The molecule has 0 radical (unpaired) electrons. The van der Waals surface area contributed by atoms with Crippen molar-refractivity contribution in [3.8, 4) is 6.07 Å². The Morgan fingerprint density at radius 1 is 1.75 bits per heavy atom. The third-order valence-electron chi connectivity index (χ3n) is 1.54. The predicted octanol–water partition coefficient (Wildman–Crippen LogP) is 0.731. The second-order valence-corrected chi connectivity index (χ2v) is 4.69. The van der Waals surface area contributed by atoms with Crippen molar-refractivity contribution in [2.24, 2.45) is 5.73 Å². The van der Waals surface area contributed by atoms with Crippen LogP contribution >= 0.6 is 11.8 Å². The van der Waals surface area contributed by atoms with Gasteiger partial charge in [0.1, 0.15) is 5.54 Å². The van der Waals surface area contributed by atoms with Gasteiger partial charge in [0.2, 0.25) is 0 Å². The molecule has 2 atom stereocenters. The van der Waals surface area contributed by atoms with Crippen molar-refractivity contribution >= 4 is 11.8 Å². The standard InChI is InChI=1S/C8H16N2OS/c1-7(5-11)12-4-3-8(2,10)6-9/h7,11H,3-5,10H2,1-2H3. The molecule has 0 saturated carbocycles. The summed E-state index contributed by atoms with van der Waals surface area (Å²) in [5, 5.41) is 17.5. The van der Waals surface area contributed by atoms with Gasteiger partial charge in [0.05, 0.1) is 12.7 Å². The van der Waals surface area contributed by atoms with E-state index in [9.17, 15) is 0 Å². The first-order valence-electron chi connectivity index (χ1n) is 3.94. The summed E-state index contributed by atoms with van der Waals surface area (Å²) in [5.74, 6) is 0.822. The number of hydrogen-bond acceptors (Lipinski definition) is 4. The zero-order valence-corrected chi connectivity index (χ0v) is 8.40. The molecule has 0 aliphatic carbocycles. The zero-order valence-electron chi connectivity index (χ0n) is 7.58. The Kier molecular flexibility index (Phi) is 5.31. The SMILES string of the molecule is CC(CO)SCCC(C)(N)C#N. The van der Waals surface area contributed by atoms with Gasteiger partial charge < -0.3 is 10.8 Å². The lowest BCUT2D eigenvalue weighted by molar-refractivity contribution is 0.300. The number of nitrogens with zero attached hydrogens (tertiary/aromatic N) is 1. The summed E-state index contributed by atoms with van der Waals surface area (Å²) in [7, 11) is 0. The van der Waals surface area contributed by atoms with E-state index in [1.54, 1.807) is 18.7 Å². The summed E-state index contributed by atoms with van der Waals surface area (Å²) < 4.78 is 0. The van der Waals surface area contributed by atoms with Crippen LogP contribution < -0.4 is 5.73 Å². The molecule has 3 nitrogen and oxygen atoms in total. The van der Waals surface area contributed by atoms with Crippen molar-refractivity contribution in [1.82, 2.24) is 0 Å². The Bertz CT molecular complexity index is 165. The van der Waals surface area contributed by atoms with Gasteiger partial charge in [0, 0.05) is 5.25 Å². The Labute approximate surface area is 77.9 Å². The molecule has 0 amide bonds. The largest absolute Gasteiger partial charge is 0.395 e. The Morgan fingerprint density at radius 3 is 2.75 bits per heavy atom. The van der Waals surface area contributed by atoms with Crippen LogP contribution in [-0.2, 0) is 0 Å². The fourth-order valence-corrected chi connectivity index (χ4v) is 1.63. The van der Waals surface area contributed by atoms with E-state index in [0.29, 0.717) is 6.42 Å². The molecule has 70 valence electrons. The van der Waals surface area contributed by atoms with Crippen LogP contribution in [0.25, 0.3) is 0 Å². The zero-order chi connectivity index (χ0) is 9.61. The molecule has 0 aromatic rings. The van der Waals surface area contributed by atoms with Crippen molar-refractivity contribution in [2.45, 2.75) is 31.1 Å². The smallest absolute Gasteiger partial charge is 0.102 e. The predicted molar refractivity (Wildman–Crippen MR) is 51.8 cm³/mol. The minimum absolute atomic E-state index is 0.179. The van der Waals surface area contributed by atoms with Crippen LogP contribution in [0.5, 0.6) is 0 Å². The molecular weight excluding hydrogens is 172 g/mol. The molecule has 0 bridgehead atoms. The molecule has 3 N–H and O–H groups in total. The van der Waals surface area contributed by atoms with E-state index in [1.807, 2.05) is 13.0 Å². The highest BCUT2D eigenvalue weighted by molar-refractivity contribution is 7.99. The maximum absolute atomic E-state index is 8.70. The summed E-state index contributed by atoms with van der Waals surface area (Å²) in [6.07, 6.45) is 0.665. The molecular formula is C8H16N2OS. The third-order valence-corrected chi connectivity index (χ3v) is 2.69. The molecule has 0 fully saturated rings. The van der Waals surface area contributed by atoms with Crippen molar-refractivity contribution in [1.29, 1.82) is 5.26 Å². The van der Waals surface area contributed by atoms with Crippen molar-refractivity contribution in [3.05, 3.63) is 0 Å². The van der Waals surface area contributed by atoms with Gasteiger partial charge in [0.25, 0.3) is 0 Å². The van der Waals surface area contributed by atoms with E-state index in [2.05, 4.69) is 0 Å². The molecule has 4 heteroatoms. The molecule has 0 aliphatic heterocycles. The summed E-state index contributed by atoms with van der Waals surface area (Å²) in [5.41, 5.74) is 4.89. The maximum atomic E-state index is 8.70. The fraction of sp³-hybridized carbons (Fsp3) is 0.875. The van der Waals surface area contributed by atoms with E-state index in [0.717, 1.165) is 5.75 Å². The molecule has 0 heterocycles. The van der Waals surface area contributed by atoms with E-state index in [1.165, 1.54) is 0 Å². The first-order valence-corrected chi connectivity index (χ1v) is 4.99. The monoisotopic (exact) mass is 188 g/mol. The topological polar surface area (TPSA) is 70.0 Å². The van der Waals surface area contributed by atoms with Gasteiger partial charge in [-0.3, -0.25) is 0 Å². The molecule has 0 saturated heterocycles. The average molecular weight is 188 g/mol. The Morgan fingerprint density at radius 2 is 2.33 bits per heavy atom. The van der Waals surface area contributed by atoms with Crippen LogP contribution in [0.2, 0.25) is 0 Å². The highest BCUT2D eigenvalue weighted by Gasteiger charge is 2.16. The molecule has 0 aromatic heterocycles. The van der Waals surface area contributed by atoms with Crippen LogP contribution in [0.15, 0.2) is 0 Å². The van der Waals surface area contributed by atoms with E-state index in [4.69, 9.17) is 16.1 Å². The number of rotatable bonds is 5. The molecule has 2 unspecified atom stereocenters. The molecule has 0 rings (SSSR count). The summed E-state index contributed by atoms with van der Waals surface area (Å²) in [4.78, 5) is 0. The maximum Gasteiger partial charge on any atom is 0.102 e. The first-order chi connectivity index (χ1) is 5.52. The normalized spacial score (nSPS) is 17.9. The van der Waals surface area contributed by atoms with Crippen molar-refractivity contribution < 1.29 is 5.11 Å². The number of nitriles is 1. The molecule has 0 aliphatic rings. The average Bonchev–Trinajstić information content (AvgIpc) is 2.04. The summed E-state index contributed by atoms with van der Waals surface area (Å²) >= 11 is 1.64. The summed E-state index contributed by atoms with van der Waals surface area (Å²) in [6, 6.07) is 2.03. The van der Waals surface area contributed by atoms with Crippen LogP contribution in [0.1, 0.15) is 20.3 Å². The van der Waals surface area contributed by atoms with Gasteiger partial charge in [-0.1, -0.05) is 6.92 Å². The number of thioether (sulfide) groups is 1. The van der Waals surface area contributed by atoms with E-state index >= 15 is 0 Å².